The molecular formula is C26H33N5S. The summed E-state index contributed by atoms with van der Waals surface area (Å²) in [6.07, 6.45) is 6.48. The molecule has 5 rings (SSSR count). The van der Waals surface area contributed by atoms with E-state index in [0.29, 0.717) is 6.04 Å². The van der Waals surface area contributed by atoms with Gasteiger partial charge in [-0.2, -0.15) is 0 Å². The molecule has 0 aliphatic carbocycles. The molecule has 1 fully saturated rings. The van der Waals surface area contributed by atoms with E-state index in [1.165, 1.54) is 21.4 Å². The van der Waals surface area contributed by atoms with Crippen molar-refractivity contribution in [2.45, 2.75) is 71.5 Å². The Morgan fingerprint density at radius 1 is 1.00 bits per heavy atom. The van der Waals surface area contributed by atoms with Gasteiger partial charge in [0.1, 0.15) is 5.65 Å². The fraction of sp³-hybridized carbons (Fsp3) is 0.462. The summed E-state index contributed by atoms with van der Waals surface area (Å²) >= 11 is 1.80. The van der Waals surface area contributed by atoms with Gasteiger partial charge in [-0.05, 0) is 89.3 Å². The highest BCUT2D eigenvalue weighted by molar-refractivity contribution is 7.22. The van der Waals surface area contributed by atoms with Gasteiger partial charge >= 0.3 is 0 Å². The average molecular weight is 448 g/mol. The molecule has 1 aromatic carbocycles. The second-order valence-corrected chi connectivity index (χ2v) is 11.8. The Labute approximate surface area is 194 Å². The van der Waals surface area contributed by atoms with Gasteiger partial charge in [-0.3, -0.25) is 0 Å². The summed E-state index contributed by atoms with van der Waals surface area (Å²) in [6, 6.07) is 9.33. The maximum absolute atomic E-state index is 5.00. The Hall–Kier alpha value is -2.44. The molecule has 5 nitrogen and oxygen atoms in total. The zero-order chi connectivity index (χ0) is 22.8. The molecule has 32 heavy (non-hydrogen) atoms. The lowest BCUT2D eigenvalue weighted by molar-refractivity contribution is 0.161. The molecule has 3 aromatic heterocycles. The lowest BCUT2D eigenvalue weighted by Crippen LogP contribution is -2.61. The maximum Gasteiger partial charge on any atom is 0.186 e. The second kappa shape index (κ2) is 7.29. The van der Waals surface area contributed by atoms with Gasteiger partial charge in [0.15, 0.2) is 5.13 Å². The Morgan fingerprint density at radius 3 is 2.44 bits per heavy atom. The fourth-order valence-electron chi connectivity index (χ4n) is 5.49. The second-order valence-electron chi connectivity index (χ2n) is 10.8. The van der Waals surface area contributed by atoms with E-state index >= 15 is 0 Å². The molecule has 6 heteroatoms. The number of thiazole rings is 1. The van der Waals surface area contributed by atoms with Crippen LogP contribution >= 0.6 is 11.3 Å². The van der Waals surface area contributed by atoms with Crippen LogP contribution in [0.25, 0.3) is 27.0 Å². The van der Waals surface area contributed by atoms with Crippen LogP contribution in [0.5, 0.6) is 0 Å². The minimum Gasteiger partial charge on any atom is -0.348 e. The number of fused-ring (bicyclic) bond motifs is 2. The van der Waals surface area contributed by atoms with E-state index in [1.54, 1.807) is 11.3 Å². The maximum atomic E-state index is 5.00. The molecule has 1 aliphatic heterocycles. The number of aryl methyl sites for hydroxylation is 2. The summed E-state index contributed by atoms with van der Waals surface area (Å²) in [5.41, 5.74) is 7.00. The van der Waals surface area contributed by atoms with Gasteiger partial charge in [-0.15, -0.1) is 0 Å². The van der Waals surface area contributed by atoms with Crippen molar-refractivity contribution in [2.75, 3.05) is 11.9 Å². The van der Waals surface area contributed by atoms with Crippen LogP contribution in [0.3, 0.4) is 0 Å². The van der Waals surface area contributed by atoms with Crippen molar-refractivity contribution < 1.29 is 0 Å². The van der Waals surface area contributed by atoms with Crippen molar-refractivity contribution >= 4 is 32.3 Å². The van der Waals surface area contributed by atoms with Crippen LogP contribution in [0.2, 0.25) is 0 Å². The van der Waals surface area contributed by atoms with Gasteiger partial charge in [0, 0.05) is 36.6 Å². The number of hydrogen-bond acceptors (Lipinski definition) is 5. The molecule has 0 radical (unpaired) electrons. The Morgan fingerprint density at radius 2 is 1.72 bits per heavy atom. The molecule has 0 saturated carbocycles. The SMILES string of the molecule is Cc1cn2cc(-c3ccc4nc(N(C)C5CC(C)(C)NC(C)(C)C5)sc4c3)cc(C)c2n1. The number of hydrogen-bond donors (Lipinski definition) is 1. The van der Waals surface area contributed by atoms with E-state index < -0.39 is 0 Å². The molecule has 0 spiro atoms. The first-order chi connectivity index (χ1) is 15.0. The molecule has 0 amide bonds. The molecule has 1 saturated heterocycles. The van der Waals surface area contributed by atoms with Crippen LogP contribution in [-0.4, -0.2) is 38.5 Å². The Balaban J connectivity index is 1.48. The van der Waals surface area contributed by atoms with E-state index in [0.717, 1.165) is 34.8 Å². The monoisotopic (exact) mass is 447 g/mol. The number of imidazole rings is 1. The molecule has 0 atom stereocenters. The molecule has 0 unspecified atom stereocenters. The van der Waals surface area contributed by atoms with Gasteiger partial charge in [-0.25, -0.2) is 9.97 Å². The van der Waals surface area contributed by atoms with Crippen LogP contribution in [0.4, 0.5) is 5.13 Å². The highest BCUT2D eigenvalue weighted by atomic mass is 32.1. The van der Waals surface area contributed by atoms with E-state index in [-0.39, 0.29) is 11.1 Å². The van der Waals surface area contributed by atoms with Crippen molar-refractivity contribution in [3.8, 4) is 11.1 Å². The van der Waals surface area contributed by atoms with Crippen molar-refractivity contribution in [1.82, 2.24) is 19.7 Å². The molecule has 4 aromatic rings. The Bertz CT molecular complexity index is 1300. The number of aromatic nitrogens is 3. The summed E-state index contributed by atoms with van der Waals surface area (Å²) in [7, 11) is 2.21. The first-order valence-corrected chi connectivity index (χ1v) is 12.2. The van der Waals surface area contributed by atoms with E-state index in [4.69, 9.17) is 4.98 Å². The molecule has 168 valence electrons. The fourth-order valence-corrected chi connectivity index (χ4v) is 6.53. The van der Waals surface area contributed by atoms with Crippen LogP contribution in [-0.2, 0) is 0 Å². The molecule has 0 bridgehead atoms. The van der Waals surface area contributed by atoms with Gasteiger partial charge in [-0.1, -0.05) is 17.4 Å². The van der Waals surface area contributed by atoms with Crippen molar-refractivity contribution in [3.05, 3.63) is 47.9 Å². The smallest absolute Gasteiger partial charge is 0.186 e. The predicted octanol–water partition coefficient (Wildman–Crippen LogP) is 5.97. The van der Waals surface area contributed by atoms with Crippen LogP contribution < -0.4 is 10.2 Å². The number of benzene rings is 1. The lowest BCUT2D eigenvalue weighted by atomic mass is 9.79. The van der Waals surface area contributed by atoms with Crippen LogP contribution in [0.15, 0.2) is 36.7 Å². The van der Waals surface area contributed by atoms with Gasteiger partial charge < -0.3 is 14.6 Å². The highest BCUT2D eigenvalue weighted by Gasteiger charge is 2.39. The third-order valence-electron chi connectivity index (χ3n) is 6.58. The number of nitrogens with one attached hydrogen (secondary N) is 1. The standard InChI is InChI=1S/C26H33N5S/c1-16-10-19(15-31-14-17(2)27-23(16)31)18-8-9-21-22(11-18)32-24(28-21)30(7)20-12-25(3,4)29-26(5,6)13-20/h8-11,14-15,20,29H,12-13H2,1-7H3. The summed E-state index contributed by atoms with van der Waals surface area (Å²) in [5, 5.41) is 4.89. The zero-order valence-electron chi connectivity index (χ0n) is 20.2. The topological polar surface area (TPSA) is 45.5 Å². The van der Waals surface area contributed by atoms with Crippen LogP contribution in [0, 0.1) is 13.8 Å². The summed E-state index contributed by atoms with van der Waals surface area (Å²) in [4.78, 5) is 12.0. The van der Waals surface area contributed by atoms with E-state index in [1.807, 2.05) is 6.92 Å². The minimum absolute atomic E-state index is 0.118. The third kappa shape index (κ3) is 3.90. The first kappa shape index (κ1) is 21.4. The molecule has 4 heterocycles. The molecule has 1 aliphatic rings. The summed E-state index contributed by atoms with van der Waals surface area (Å²) < 4.78 is 3.37. The average Bonchev–Trinajstić information content (AvgIpc) is 3.27. The lowest BCUT2D eigenvalue weighted by Gasteiger charge is -2.48. The number of rotatable bonds is 3. The summed E-state index contributed by atoms with van der Waals surface area (Å²) in [5.74, 6) is 0. The van der Waals surface area contributed by atoms with Gasteiger partial charge in [0.05, 0.1) is 15.9 Å². The van der Waals surface area contributed by atoms with Crippen molar-refractivity contribution in [3.63, 3.8) is 0 Å². The number of piperidine rings is 1. The van der Waals surface area contributed by atoms with Crippen molar-refractivity contribution in [1.29, 1.82) is 0 Å². The number of anilines is 1. The highest BCUT2D eigenvalue weighted by Crippen LogP contribution is 2.37. The quantitative estimate of drug-likeness (QED) is 0.420. The van der Waals surface area contributed by atoms with E-state index in [2.05, 4.69) is 97.9 Å². The predicted molar refractivity (Wildman–Crippen MR) is 136 cm³/mol. The van der Waals surface area contributed by atoms with Crippen molar-refractivity contribution in [2.24, 2.45) is 0 Å². The van der Waals surface area contributed by atoms with E-state index in [9.17, 15) is 0 Å². The summed E-state index contributed by atoms with van der Waals surface area (Å²) in [6.45, 7) is 13.4. The number of nitrogens with zero attached hydrogens (tertiary/aromatic N) is 4. The minimum atomic E-state index is 0.118. The zero-order valence-corrected chi connectivity index (χ0v) is 21.0. The number of pyridine rings is 1. The van der Waals surface area contributed by atoms with Crippen LogP contribution in [0.1, 0.15) is 51.8 Å². The van der Waals surface area contributed by atoms with Gasteiger partial charge in [0.2, 0.25) is 0 Å². The third-order valence-corrected chi connectivity index (χ3v) is 7.69. The Kier molecular flexibility index (Phi) is 4.88. The molecular weight excluding hydrogens is 414 g/mol. The largest absolute Gasteiger partial charge is 0.348 e. The first-order valence-electron chi connectivity index (χ1n) is 11.4. The van der Waals surface area contributed by atoms with Gasteiger partial charge in [0.25, 0.3) is 0 Å². The molecule has 1 N–H and O–H groups in total. The normalized spacial score (nSPS) is 18.5.